The normalized spacial score (nSPS) is 10.7. The summed E-state index contributed by atoms with van der Waals surface area (Å²) in [6.45, 7) is 0. The number of benzene rings is 1. The van der Waals surface area contributed by atoms with Crippen LogP contribution in [0.4, 0.5) is 11.6 Å². The average Bonchev–Trinajstić information content (AvgIpc) is 3.13. The maximum Gasteiger partial charge on any atom is 0.227 e. The minimum Gasteiger partial charge on any atom is -0.504 e. The minimum absolute atomic E-state index is 0.00509. The van der Waals surface area contributed by atoms with E-state index < -0.39 is 0 Å². The number of fused-ring (bicyclic) bond motifs is 1. The molecule has 0 aliphatic rings. The van der Waals surface area contributed by atoms with E-state index in [0.717, 1.165) is 22.3 Å². The van der Waals surface area contributed by atoms with Crippen molar-refractivity contribution in [3.05, 3.63) is 48.9 Å². The highest BCUT2D eigenvalue weighted by Crippen LogP contribution is 2.41. The number of hydrogen-bond donors (Lipinski definition) is 3. The van der Waals surface area contributed by atoms with Crippen molar-refractivity contribution in [3.8, 4) is 28.5 Å². The second-order valence-electron chi connectivity index (χ2n) is 5.73. The molecule has 0 radical (unpaired) electrons. The molecule has 0 spiro atoms. The Morgan fingerprint density at radius 1 is 1.00 bits per heavy atom. The summed E-state index contributed by atoms with van der Waals surface area (Å²) in [7, 11) is 3.00. The topological polar surface area (TPSA) is 105 Å². The lowest BCUT2D eigenvalue weighted by Crippen LogP contribution is -1.96. The zero-order valence-electron chi connectivity index (χ0n) is 14.7. The number of pyridine rings is 1. The van der Waals surface area contributed by atoms with Crippen molar-refractivity contribution in [2.75, 3.05) is 19.5 Å². The average molecular weight is 363 g/mol. The van der Waals surface area contributed by atoms with Crippen LogP contribution in [0.5, 0.6) is 17.2 Å². The maximum absolute atomic E-state index is 10.2. The van der Waals surface area contributed by atoms with Gasteiger partial charge >= 0.3 is 0 Å². The molecule has 4 rings (SSSR count). The van der Waals surface area contributed by atoms with E-state index in [0.29, 0.717) is 23.1 Å². The summed E-state index contributed by atoms with van der Waals surface area (Å²) in [6.07, 6.45) is 5.03. The molecule has 0 saturated carbocycles. The molecule has 0 atom stereocenters. The van der Waals surface area contributed by atoms with Crippen LogP contribution in [0.15, 0.2) is 48.9 Å². The largest absolute Gasteiger partial charge is 0.504 e. The second kappa shape index (κ2) is 6.83. The first-order valence-electron chi connectivity index (χ1n) is 8.16. The number of hydrogen-bond acceptors (Lipinski definition) is 7. The standard InChI is InChI=1S/C19H17N5O3/c1-26-16-9-11(8-15(25)17(16)27-2)14-10-12-13(4-7-20-18(12)23-14)24-19-21-5-3-6-22-19/h3-10,25H,1-2H3,(H2,20,21,22,23,24). The Labute approximate surface area is 154 Å². The van der Waals surface area contributed by atoms with Crippen LogP contribution in [0.3, 0.4) is 0 Å². The zero-order chi connectivity index (χ0) is 18.8. The maximum atomic E-state index is 10.2. The highest BCUT2D eigenvalue weighted by Gasteiger charge is 2.15. The lowest BCUT2D eigenvalue weighted by Gasteiger charge is -2.11. The molecular formula is C19H17N5O3. The van der Waals surface area contributed by atoms with Gasteiger partial charge in [0.05, 0.1) is 19.9 Å². The number of methoxy groups -OCH3 is 2. The Kier molecular flexibility index (Phi) is 4.21. The molecule has 0 saturated heterocycles. The zero-order valence-corrected chi connectivity index (χ0v) is 14.7. The number of nitrogens with zero attached hydrogens (tertiary/aromatic N) is 3. The van der Waals surface area contributed by atoms with Gasteiger partial charge in [-0.05, 0) is 30.3 Å². The molecule has 3 heterocycles. The summed E-state index contributed by atoms with van der Waals surface area (Å²) in [5.74, 6) is 1.22. The summed E-state index contributed by atoms with van der Waals surface area (Å²) >= 11 is 0. The van der Waals surface area contributed by atoms with Crippen molar-refractivity contribution in [2.45, 2.75) is 0 Å². The van der Waals surface area contributed by atoms with Crippen LogP contribution in [0.1, 0.15) is 0 Å². The number of aromatic amines is 1. The number of phenolic OH excluding ortho intramolecular Hbond substituents is 1. The number of aromatic hydroxyl groups is 1. The van der Waals surface area contributed by atoms with E-state index in [-0.39, 0.29) is 5.75 Å². The molecule has 8 heteroatoms. The number of rotatable bonds is 5. The van der Waals surface area contributed by atoms with Crippen molar-refractivity contribution < 1.29 is 14.6 Å². The van der Waals surface area contributed by atoms with Gasteiger partial charge in [-0.1, -0.05) is 0 Å². The molecule has 0 bridgehead atoms. The van der Waals surface area contributed by atoms with Crippen LogP contribution in [-0.4, -0.2) is 39.3 Å². The predicted molar refractivity (Wildman–Crippen MR) is 102 cm³/mol. The minimum atomic E-state index is -0.00509. The van der Waals surface area contributed by atoms with E-state index in [2.05, 4.69) is 25.3 Å². The van der Waals surface area contributed by atoms with Gasteiger partial charge in [-0.15, -0.1) is 0 Å². The third-order valence-electron chi connectivity index (χ3n) is 4.11. The van der Waals surface area contributed by atoms with Gasteiger partial charge in [-0.3, -0.25) is 0 Å². The monoisotopic (exact) mass is 363 g/mol. The van der Waals surface area contributed by atoms with Gasteiger partial charge in [0.15, 0.2) is 11.5 Å². The van der Waals surface area contributed by atoms with Gasteiger partial charge in [0, 0.05) is 35.2 Å². The quantitative estimate of drug-likeness (QED) is 0.498. The molecule has 0 amide bonds. The van der Waals surface area contributed by atoms with Crippen molar-refractivity contribution in [2.24, 2.45) is 0 Å². The second-order valence-corrected chi connectivity index (χ2v) is 5.73. The van der Waals surface area contributed by atoms with Gasteiger partial charge in [-0.25, -0.2) is 15.0 Å². The summed E-state index contributed by atoms with van der Waals surface area (Å²) < 4.78 is 10.5. The smallest absolute Gasteiger partial charge is 0.227 e. The van der Waals surface area contributed by atoms with Crippen LogP contribution in [0, 0.1) is 0 Å². The number of aromatic nitrogens is 4. The summed E-state index contributed by atoms with van der Waals surface area (Å²) in [5.41, 5.74) is 3.03. The Morgan fingerprint density at radius 3 is 2.56 bits per heavy atom. The number of anilines is 2. The van der Waals surface area contributed by atoms with E-state index in [1.807, 2.05) is 12.1 Å². The molecule has 4 aromatic rings. The molecular weight excluding hydrogens is 346 g/mol. The third-order valence-corrected chi connectivity index (χ3v) is 4.11. The highest BCUT2D eigenvalue weighted by molar-refractivity contribution is 5.94. The van der Waals surface area contributed by atoms with E-state index >= 15 is 0 Å². The Morgan fingerprint density at radius 2 is 1.81 bits per heavy atom. The fraction of sp³-hybridized carbons (Fsp3) is 0.105. The molecule has 3 N–H and O–H groups in total. The molecule has 0 fully saturated rings. The molecule has 3 aromatic heterocycles. The number of ether oxygens (including phenoxy) is 2. The van der Waals surface area contributed by atoms with Crippen molar-refractivity contribution in [1.29, 1.82) is 0 Å². The molecule has 0 aliphatic carbocycles. The van der Waals surface area contributed by atoms with Gasteiger partial charge in [0.2, 0.25) is 11.7 Å². The van der Waals surface area contributed by atoms with Gasteiger partial charge in [0.1, 0.15) is 5.65 Å². The van der Waals surface area contributed by atoms with Crippen LogP contribution < -0.4 is 14.8 Å². The predicted octanol–water partition coefficient (Wildman–Crippen LogP) is 3.49. The molecule has 0 unspecified atom stereocenters. The van der Waals surface area contributed by atoms with Crippen LogP contribution in [0.2, 0.25) is 0 Å². The van der Waals surface area contributed by atoms with E-state index in [1.54, 1.807) is 36.8 Å². The third kappa shape index (κ3) is 3.08. The number of H-pyrrole nitrogens is 1. The Balaban J connectivity index is 1.78. The van der Waals surface area contributed by atoms with Crippen LogP contribution in [-0.2, 0) is 0 Å². The van der Waals surface area contributed by atoms with Gasteiger partial charge < -0.3 is 24.9 Å². The van der Waals surface area contributed by atoms with E-state index in [4.69, 9.17) is 9.47 Å². The molecule has 8 nitrogen and oxygen atoms in total. The first kappa shape index (κ1) is 16.6. The number of phenols is 1. The lowest BCUT2D eigenvalue weighted by molar-refractivity contribution is 0.333. The summed E-state index contributed by atoms with van der Waals surface area (Å²) in [4.78, 5) is 16.0. The Hall–Kier alpha value is -3.81. The SMILES string of the molecule is COc1cc(-c2cc3c(Nc4ncccn4)ccnc3[nH]2)cc(O)c1OC. The number of nitrogens with one attached hydrogen (secondary N) is 2. The first-order valence-corrected chi connectivity index (χ1v) is 8.16. The van der Waals surface area contributed by atoms with Crippen LogP contribution in [0.25, 0.3) is 22.3 Å². The Bertz CT molecular complexity index is 1100. The van der Waals surface area contributed by atoms with E-state index in [1.165, 1.54) is 14.2 Å². The summed E-state index contributed by atoms with van der Waals surface area (Å²) in [6, 6.07) is 8.94. The van der Waals surface area contributed by atoms with Crippen molar-refractivity contribution in [3.63, 3.8) is 0 Å². The van der Waals surface area contributed by atoms with Gasteiger partial charge in [0.25, 0.3) is 0 Å². The fourth-order valence-corrected chi connectivity index (χ4v) is 2.88. The van der Waals surface area contributed by atoms with E-state index in [9.17, 15) is 5.11 Å². The van der Waals surface area contributed by atoms with Gasteiger partial charge in [-0.2, -0.15) is 0 Å². The molecule has 1 aromatic carbocycles. The summed E-state index contributed by atoms with van der Waals surface area (Å²) in [5, 5.41) is 14.3. The van der Waals surface area contributed by atoms with Crippen molar-refractivity contribution in [1.82, 2.24) is 19.9 Å². The molecule has 136 valence electrons. The van der Waals surface area contributed by atoms with Crippen molar-refractivity contribution >= 4 is 22.7 Å². The highest BCUT2D eigenvalue weighted by atomic mass is 16.5. The molecule has 0 aliphatic heterocycles. The fourth-order valence-electron chi connectivity index (χ4n) is 2.88. The van der Waals surface area contributed by atoms with Crippen LogP contribution >= 0.6 is 0 Å². The lowest BCUT2D eigenvalue weighted by atomic mass is 10.1. The molecule has 27 heavy (non-hydrogen) atoms. The first-order chi connectivity index (χ1) is 13.2.